The standard InChI is InChI=1S/C27H31ClFN3OSi.C21H17ClFN3.C14H11ClFNO.C13H19IN2Si.2CH4/c1-27(2,3)34(4,5)32-17-23(21-7-6-16-30-26(21)32)24(33)22-15-14-20(31-25(22)29)13-10-18-8-11-19(28)12-9-18;22-17-7-3-14(4-8-17)5-9-18-10-6-15(20(23)26-18)12-16-13-25-21-19(16)2-1-11-24-21;15-12-5-1-10(2-6-12)3-7-13-8-4-11(9-18)14(16)17-13;1-13(2,3)17(4,5)16-9-11(14)10-7-6-8-15-12(10)16;;/h6-9,11-12,14-17,24,33H,10,13H2,1-5H3;1-4,6-8,10-11,13H,5,9,12H2,(H,24,25);1-2,4-6,8-9H,3,7H2;6-9H,1-5H3;2*1H4. The van der Waals surface area contributed by atoms with E-state index in [1.165, 1.54) is 15.0 Å². The Bertz CT molecular complexity index is 4590. The van der Waals surface area contributed by atoms with E-state index in [0.29, 0.717) is 69.6 Å². The summed E-state index contributed by atoms with van der Waals surface area (Å²) in [6, 6.07) is 44.9. The molecule has 2 N–H and O–H groups in total. The summed E-state index contributed by atoms with van der Waals surface area (Å²) in [5, 5.41) is 16.9. The highest BCUT2D eigenvalue weighted by atomic mass is 127. The molecule has 0 aliphatic rings. The molecular weight excluding hydrogens is 1430 g/mol. The molecule has 0 fully saturated rings. The Kier molecular flexibility index (Phi) is 26.6. The molecule has 0 aliphatic heterocycles. The molecule has 508 valence electrons. The van der Waals surface area contributed by atoms with Gasteiger partial charge in [0.2, 0.25) is 17.8 Å². The van der Waals surface area contributed by atoms with Crippen molar-refractivity contribution < 1.29 is 23.1 Å². The number of rotatable bonds is 16. The maximum Gasteiger partial charge on any atom is 0.223 e. The number of nitrogens with one attached hydrogen (secondary N) is 1. The van der Waals surface area contributed by atoms with E-state index >= 15 is 4.39 Å². The first-order valence-electron chi connectivity index (χ1n) is 31.4. The van der Waals surface area contributed by atoms with Crippen LogP contribution in [-0.4, -0.2) is 71.2 Å². The second kappa shape index (κ2) is 33.5. The monoisotopic (exact) mass is 1510 g/mol. The Morgan fingerprint density at radius 3 is 1.40 bits per heavy atom. The predicted molar refractivity (Wildman–Crippen MR) is 408 cm³/mol. The number of aldehydes is 1. The summed E-state index contributed by atoms with van der Waals surface area (Å²) in [6.07, 6.45) is 15.5. The molecule has 0 saturated heterocycles. The molecule has 9 heterocycles. The third kappa shape index (κ3) is 19.1. The van der Waals surface area contributed by atoms with Crippen LogP contribution in [0.2, 0.25) is 51.3 Å². The zero-order chi connectivity index (χ0) is 68.4. The minimum Gasteiger partial charge on any atom is -0.383 e. The first kappa shape index (κ1) is 77.0. The zero-order valence-corrected chi connectivity index (χ0v) is 61.4. The fourth-order valence-electron chi connectivity index (χ4n) is 10.5. The van der Waals surface area contributed by atoms with E-state index in [4.69, 9.17) is 34.8 Å². The molecule has 0 bridgehead atoms. The van der Waals surface area contributed by atoms with Gasteiger partial charge in [-0.05, 0) is 197 Å². The van der Waals surface area contributed by atoms with Gasteiger partial charge in [-0.15, -0.1) is 0 Å². The van der Waals surface area contributed by atoms with Crippen molar-refractivity contribution in [3.63, 3.8) is 0 Å². The molecule has 1 unspecified atom stereocenters. The molecule has 11 nitrogen and oxygen atoms in total. The number of benzene rings is 3. The lowest BCUT2D eigenvalue weighted by Gasteiger charge is -2.38. The number of aliphatic hydroxyl groups is 1. The fraction of sp³-hybridized carbons (Fsp3) is 0.286. The molecule has 9 aromatic heterocycles. The van der Waals surface area contributed by atoms with Crippen molar-refractivity contribution in [1.82, 2.24) is 43.4 Å². The number of carbonyl (C=O) groups is 1. The summed E-state index contributed by atoms with van der Waals surface area (Å²) in [5.74, 6) is -1.76. The van der Waals surface area contributed by atoms with E-state index < -0.39 is 40.4 Å². The number of nitrogens with zero attached hydrogens (tertiary/aromatic N) is 8. The summed E-state index contributed by atoms with van der Waals surface area (Å²) < 4.78 is 48.8. The SMILES string of the molecule is C.C.CC(C)(C)[Si](C)(C)n1cc(C(O)c2ccc(CCc3ccc(Cl)cc3)nc2F)c2cccnc21.CC(C)(C)[Si](C)(C)n1cc(I)c2cccnc21.Fc1nc(CCc2ccc(Cl)cc2)ccc1Cc1c[nH]c2ncccc12.O=Cc1ccc(CCc2ccc(Cl)cc2)nc1F. The van der Waals surface area contributed by atoms with Gasteiger partial charge in [0.05, 0.1) is 5.56 Å². The Hall–Kier alpha value is -7.37. The lowest BCUT2D eigenvalue weighted by molar-refractivity contribution is 0.111. The van der Waals surface area contributed by atoms with Crippen LogP contribution in [0.1, 0.15) is 129 Å². The van der Waals surface area contributed by atoms with Gasteiger partial charge in [-0.2, -0.15) is 13.2 Å². The highest BCUT2D eigenvalue weighted by Gasteiger charge is 2.40. The van der Waals surface area contributed by atoms with Crippen molar-refractivity contribution in [3.05, 3.63) is 281 Å². The molecule has 0 amide bonds. The summed E-state index contributed by atoms with van der Waals surface area (Å²) >= 11 is 20.0. The molecule has 12 aromatic rings. The van der Waals surface area contributed by atoms with Gasteiger partial charge < -0.3 is 18.6 Å². The van der Waals surface area contributed by atoms with Gasteiger partial charge >= 0.3 is 0 Å². The number of aromatic amines is 1. The second-order valence-corrected chi connectivity index (χ2v) is 39.2. The van der Waals surface area contributed by atoms with E-state index in [9.17, 15) is 18.7 Å². The molecular formula is C77H86Cl3F3IN9O2Si2. The van der Waals surface area contributed by atoms with E-state index in [1.54, 1.807) is 30.6 Å². The van der Waals surface area contributed by atoms with Gasteiger partial charge in [0.15, 0.2) is 22.8 Å². The average Bonchev–Trinajstić information content (AvgIpc) is 1.62. The highest BCUT2D eigenvalue weighted by molar-refractivity contribution is 14.1. The molecule has 0 saturated carbocycles. The first-order valence-corrected chi connectivity index (χ1v) is 39.5. The van der Waals surface area contributed by atoms with Crippen LogP contribution in [0.4, 0.5) is 13.2 Å². The first-order chi connectivity index (χ1) is 45.1. The van der Waals surface area contributed by atoms with Crippen LogP contribution < -0.4 is 0 Å². The number of hydrogen-bond donors (Lipinski definition) is 2. The Balaban J connectivity index is 0.000000188. The van der Waals surface area contributed by atoms with Gasteiger partial charge in [0.1, 0.15) is 23.0 Å². The van der Waals surface area contributed by atoms with E-state index in [1.807, 2.05) is 134 Å². The summed E-state index contributed by atoms with van der Waals surface area (Å²) in [4.78, 5) is 39.1. The van der Waals surface area contributed by atoms with Crippen LogP contribution in [-0.2, 0) is 44.9 Å². The Labute approximate surface area is 599 Å². The molecule has 1 atom stereocenters. The van der Waals surface area contributed by atoms with Gasteiger partial charge in [-0.25, -0.2) is 29.9 Å². The third-order valence-corrected chi connectivity index (χ3v) is 30.3. The quantitative estimate of drug-likeness (QED) is 0.0422. The van der Waals surface area contributed by atoms with Crippen molar-refractivity contribution in [2.45, 2.75) is 144 Å². The van der Waals surface area contributed by atoms with E-state index in [0.717, 1.165) is 79.9 Å². The third-order valence-electron chi connectivity index (χ3n) is 18.2. The van der Waals surface area contributed by atoms with Crippen LogP contribution in [0.3, 0.4) is 0 Å². The highest BCUT2D eigenvalue weighted by Crippen LogP contribution is 2.42. The topological polar surface area (TPSA) is 140 Å². The number of fused-ring (bicyclic) bond motifs is 3. The van der Waals surface area contributed by atoms with Gasteiger partial charge in [-0.3, -0.25) is 4.79 Å². The number of aliphatic hydroxyl groups excluding tert-OH is 1. The number of carbonyl (C=O) groups excluding carboxylic acids is 1. The molecule has 3 aromatic carbocycles. The van der Waals surface area contributed by atoms with Crippen molar-refractivity contribution >= 4 is 113 Å². The van der Waals surface area contributed by atoms with Crippen LogP contribution in [0.5, 0.6) is 0 Å². The van der Waals surface area contributed by atoms with Crippen LogP contribution in [0.15, 0.2) is 183 Å². The normalized spacial score (nSPS) is 11.9. The van der Waals surface area contributed by atoms with Crippen molar-refractivity contribution in [3.8, 4) is 0 Å². The van der Waals surface area contributed by atoms with E-state index in [-0.39, 0.29) is 31.0 Å². The maximum atomic E-state index is 15.1. The smallest absolute Gasteiger partial charge is 0.223 e. The lowest BCUT2D eigenvalue weighted by atomic mass is 10.0. The number of hydrogen-bond acceptors (Lipinski definition) is 8. The summed E-state index contributed by atoms with van der Waals surface area (Å²) in [6.45, 7) is 23.1. The van der Waals surface area contributed by atoms with Crippen LogP contribution >= 0.6 is 57.4 Å². The summed E-state index contributed by atoms with van der Waals surface area (Å²) in [7, 11) is -3.59. The number of pyridine rings is 6. The number of aromatic nitrogens is 9. The van der Waals surface area contributed by atoms with Crippen molar-refractivity contribution in [1.29, 1.82) is 0 Å². The molecule has 0 radical (unpaired) electrons. The average molecular weight is 1520 g/mol. The molecule has 97 heavy (non-hydrogen) atoms. The van der Waals surface area contributed by atoms with Crippen molar-refractivity contribution in [2.75, 3.05) is 0 Å². The predicted octanol–water partition coefficient (Wildman–Crippen LogP) is 21.3. The maximum absolute atomic E-state index is 15.1. The molecule has 0 aliphatic carbocycles. The summed E-state index contributed by atoms with van der Waals surface area (Å²) in [5.41, 5.74) is 10.6. The fourth-order valence-corrected chi connectivity index (χ4v) is 15.6. The lowest BCUT2D eigenvalue weighted by Crippen LogP contribution is -2.45. The molecule has 20 heteroatoms. The minimum atomic E-state index is -2.02. The van der Waals surface area contributed by atoms with Crippen LogP contribution in [0, 0.1) is 21.4 Å². The number of halogens is 7. The number of H-pyrrole nitrogens is 1. The van der Waals surface area contributed by atoms with Crippen molar-refractivity contribution in [2.24, 2.45) is 0 Å². The largest absolute Gasteiger partial charge is 0.383 e. The Morgan fingerprint density at radius 1 is 0.515 bits per heavy atom. The van der Waals surface area contributed by atoms with Gasteiger partial charge in [-0.1, -0.05) is 160 Å². The zero-order valence-electron chi connectivity index (χ0n) is 55.0. The van der Waals surface area contributed by atoms with E-state index in [2.05, 4.69) is 146 Å². The number of aryl methyl sites for hydroxylation is 6. The Morgan fingerprint density at radius 2 is 0.938 bits per heavy atom. The molecule has 0 spiro atoms. The van der Waals surface area contributed by atoms with Gasteiger partial charge in [0, 0.05) is 112 Å². The second-order valence-electron chi connectivity index (χ2n) is 26.6. The van der Waals surface area contributed by atoms with Crippen LogP contribution in [0.25, 0.3) is 33.1 Å². The minimum absolute atomic E-state index is 0. The van der Waals surface area contributed by atoms with Gasteiger partial charge in [0.25, 0.3) is 0 Å². The molecule has 12 rings (SSSR count).